The van der Waals surface area contributed by atoms with Crippen molar-refractivity contribution < 1.29 is 19.2 Å². The largest absolute Gasteiger partial charge is 0.355 e. The lowest BCUT2D eigenvalue weighted by molar-refractivity contribution is -0.127. The van der Waals surface area contributed by atoms with Gasteiger partial charge in [-0.05, 0) is 55.7 Å². The molecule has 0 aromatic heterocycles. The van der Waals surface area contributed by atoms with E-state index in [0.29, 0.717) is 6.54 Å². The van der Waals surface area contributed by atoms with Crippen LogP contribution in [-0.2, 0) is 19.2 Å². The smallest absolute Gasteiger partial charge is 0.239 e. The molecule has 0 spiro atoms. The molecule has 3 N–H and O–H groups in total. The molecule has 0 heterocycles. The van der Waals surface area contributed by atoms with Crippen LogP contribution < -0.4 is 31.9 Å². The number of nitrogens with one attached hydrogen (secondary N) is 3. The van der Waals surface area contributed by atoms with E-state index in [2.05, 4.69) is 107 Å². The molecule has 44 heavy (non-hydrogen) atoms. The summed E-state index contributed by atoms with van der Waals surface area (Å²) in [4.78, 5) is 46.2. The summed E-state index contributed by atoms with van der Waals surface area (Å²) in [6.07, 6.45) is 8.97. The van der Waals surface area contributed by atoms with Crippen LogP contribution in [0.2, 0.25) is 0 Å². The first-order chi connectivity index (χ1) is 21.4. The second-order valence-electron chi connectivity index (χ2n) is 10.7. The van der Waals surface area contributed by atoms with Gasteiger partial charge in [0.25, 0.3) is 0 Å². The molecule has 0 aliphatic rings. The molecule has 0 saturated carbocycles. The van der Waals surface area contributed by atoms with Crippen LogP contribution in [0.15, 0.2) is 91.0 Å². The molecule has 0 fully saturated rings. The third kappa shape index (κ3) is 11.9. The summed E-state index contributed by atoms with van der Waals surface area (Å²) in [5, 5.41) is 11.9. The molecule has 0 aliphatic heterocycles. The van der Waals surface area contributed by atoms with Gasteiger partial charge in [0.15, 0.2) is 5.12 Å². The van der Waals surface area contributed by atoms with Gasteiger partial charge in [-0.1, -0.05) is 92.0 Å². The number of thioether (sulfide) groups is 1. The first-order valence-electron chi connectivity index (χ1n) is 15.4. The van der Waals surface area contributed by atoms with E-state index in [0.717, 1.165) is 37.2 Å². The Morgan fingerprint density at radius 1 is 0.545 bits per heavy atom. The summed E-state index contributed by atoms with van der Waals surface area (Å²) in [7, 11) is -1.76. The van der Waals surface area contributed by atoms with Gasteiger partial charge in [0, 0.05) is 13.5 Å². The third-order valence-corrected chi connectivity index (χ3v) is 12.7. The van der Waals surface area contributed by atoms with Crippen molar-refractivity contribution in [2.45, 2.75) is 51.9 Å². The summed E-state index contributed by atoms with van der Waals surface area (Å²) in [5.74, 6) is -1.12. The van der Waals surface area contributed by atoms with Crippen LogP contribution in [-0.4, -0.2) is 54.4 Å². The summed E-state index contributed by atoms with van der Waals surface area (Å²) in [6.45, 7) is 1.60. The SMILES string of the molecule is CC(=O)SCC(=O)NCC(=O)NCC(=O)NCCCCCCCCC[P+](c1ccccc1)(c1ccccc1)c1ccccc1. The molecule has 0 atom stereocenters. The van der Waals surface area contributed by atoms with Crippen molar-refractivity contribution in [2.75, 3.05) is 31.5 Å². The Bertz CT molecular complexity index is 1210. The van der Waals surface area contributed by atoms with E-state index in [1.54, 1.807) is 0 Å². The molecule has 0 aliphatic carbocycles. The molecule has 3 rings (SSSR count). The molecule has 3 amide bonds. The molecular weight excluding hydrogens is 589 g/mol. The minimum absolute atomic E-state index is 0.0260. The van der Waals surface area contributed by atoms with Gasteiger partial charge in [-0.3, -0.25) is 19.2 Å². The molecule has 7 nitrogen and oxygen atoms in total. The summed E-state index contributed by atoms with van der Waals surface area (Å²) in [5.41, 5.74) is 0. The minimum Gasteiger partial charge on any atom is -0.355 e. The molecule has 234 valence electrons. The first kappa shape index (κ1) is 35.0. The number of carbonyl (C=O) groups is 4. The van der Waals surface area contributed by atoms with E-state index >= 15 is 0 Å². The molecule has 0 unspecified atom stereocenters. The molecule has 0 bridgehead atoms. The average Bonchev–Trinajstić information content (AvgIpc) is 3.05. The lowest BCUT2D eigenvalue weighted by Gasteiger charge is -2.27. The Morgan fingerprint density at radius 2 is 0.955 bits per heavy atom. The van der Waals surface area contributed by atoms with E-state index in [1.807, 2.05) is 0 Å². The lowest BCUT2D eigenvalue weighted by atomic mass is 10.1. The number of carbonyl (C=O) groups excluding carboxylic acids is 4. The second-order valence-corrected chi connectivity index (χ2v) is 15.5. The van der Waals surface area contributed by atoms with Gasteiger partial charge >= 0.3 is 0 Å². The van der Waals surface area contributed by atoms with Crippen molar-refractivity contribution in [2.24, 2.45) is 0 Å². The monoisotopic (exact) mass is 634 g/mol. The van der Waals surface area contributed by atoms with Gasteiger partial charge in [0.1, 0.15) is 23.2 Å². The van der Waals surface area contributed by atoms with Crippen LogP contribution in [0, 0.1) is 0 Å². The average molecular weight is 635 g/mol. The zero-order valence-corrected chi connectivity index (χ0v) is 27.3. The van der Waals surface area contributed by atoms with Crippen molar-refractivity contribution in [3.63, 3.8) is 0 Å². The van der Waals surface area contributed by atoms with Crippen molar-refractivity contribution in [1.29, 1.82) is 0 Å². The first-order valence-corrected chi connectivity index (χ1v) is 18.4. The van der Waals surface area contributed by atoms with E-state index in [-0.39, 0.29) is 29.9 Å². The van der Waals surface area contributed by atoms with Gasteiger partial charge in [-0.2, -0.15) is 0 Å². The highest BCUT2D eigenvalue weighted by Gasteiger charge is 2.44. The van der Waals surface area contributed by atoms with Crippen LogP contribution in [0.25, 0.3) is 0 Å². The maximum Gasteiger partial charge on any atom is 0.239 e. The molecule has 3 aromatic carbocycles. The fourth-order valence-electron chi connectivity index (χ4n) is 5.17. The standard InChI is InChI=1S/C35H44N3O4PS/c1-29(39)44-28-35(42)38-27-34(41)37-26-33(40)36-24-16-5-3-2-4-6-17-25-43(30-18-10-7-11-19-30,31-20-12-8-13-21-31)32-22-14-9-15-23-32/h7-15,18-23H,2-6,16-17,24-28H2,1H3,(H2-,36,37,38,40,41,42)/p+1. The van der Waals surface area contributed by atoms with Gasteiger partial charge in [-0.25, -0.2) is 0 Å². The molecule has 0 radical (unpaired) electrons. The van der Waals surface area contributed by atoms with Crippen molar-refractivity contribution >= 4 is 57.8 Å². The Hall–Kier alpha value is -3.48. The highest BCUT2D eigenvalue weighted by molar-refractivity contribution is 8.14. The molecular formula is C35H45N3O4PS+. The fraction of sp³-hybridized carbons (Fsp3) is 0.371. The lowest BCUT2D eigenvalue weighted by Crippen LogP contribution is -2.42. The zero-order valence-electron chi connectivity index (χ0n) is 25.6. The summed E-state index contributed by atoms with van der Waals surface area (Å²) >= 11 is 0.881. The normalized spacial score (nSPS) is 11.0. The number of rotatable bonds is 19. The highest BCUT2D eigenvalue weighted by atomic mass is 32.2. The van der Waals surface area contributed by atoms with Crippen LogP contribution in [0.3, 0.4) is 0 Å². The summed E-state index contributed by atoms with van der Waals surface area (Å²) in [6, 6.07) is 33.1. The van der Waals surface area contributed by atoms with Crippen molar-refractivity contribution in [3.05, 3.63) is 91.0 Å². The highest BCUT2D eigenvalue weighted by Crippen LogP contribution is 2.56. The maximum absolute atomic E-state index is 12.0. The van der Waals surface area contributed by atoms with Crippen molar-refractivity contribution in [1.82, 2.24) is 16.0 Å². The Balaban J connectivity index is 1.33. The zero-order chi connectivity index (χ0) is 31.5. The topological polar surface area (TPSA) is 104 Å². The minimum atomic E-state index is -1.76. The number of amides is 3. The van der Waals surface area contributed by atoms with Gasteiger partial charge in [-0.15, -0.1) is 0 Å². The van der Waals surface area contributed by atoms with Crippen molar-refractivity contribution in [3.8, 4) is 0 Å². The maximum atomic E-state index is 12.0. The number of hydrogen-bond acceptors (Lipinski definition) is 5. The predicted molar refractivity (Wildman–Crippen MR) is 185 cm³/mol. The Kier molecular flexibility index (Phi) is 15.7. The van der Waals surface area contributed by atoms with Gasteiger partial charge in [0.05, 0.1) is 25.0 Å². The second kappa shape index (κ2) is 19.7. The van der Waals surface area contributed by atoms with E-state index < -0.39 is 19.1 Å². The Labute approximate surface area is 266 Å². The predicted octanol–water partition coefficient (Wildman–Crippen LogP) is 4.34. The van der Waals surface area contributed by atoms with Crippen LogP contribution in [0.1, 0.15) is 51.9 Å². The molecule has 0 saturated heterocycles. The summed E-state index contributed by atoms with van der Waals surface area (Å²) < 4.78 is 0. The van der Waals surface area contributed by atoms with Gasteiger partial charge < -0.3 is 16.0 Å². The molecule has 9 heteroatoms. The number of hydrogen-bond donors (Lipinski definition) is 3. The van der Waals surface area contributed by atoms with Crippen LogP contribution in [0.4, 0.5) is 0 Å². The van der Waals surface area contributed by atoms with Crippen LogP contribution >= 0.6 is 19.0 Å². The third-order valence-electron chi connectivity index (χ3n) is 7.38. The molecule has 3 aromatic rings. The van der Waals surface area contributed by atoms with Crippen LogP contribution in [0.5, 0.6) is 0 Å². The fourth-order valence-corrected chi connectivity index (χ4v) is 10.0. The number of unbranched alkanes of at least 4 members (excludes halogenated alkanes) is 6. The Morgan fingerprint density at radius 3 is 1.43 bits per heavy atom. The number of benzene rings is 3. The van der Waals surface area contributed by atoms with E-state index in [9.17, 15) is 19.2 Å². The quantitative estimate of drug-likeness (QED) is 0.135. The van der Waals surface area contributed by atoms with Gasteiger partial charge in [0.2, 0.25) is 17.7 Å². The van der Waals surface area contributed by atoms with E-state index in [4.69, 9.17) is 0 Å². The van der Waals surface area contributed by atoms with E-state index in [1.165, 1.54) is 48.5 Å².